The second-order valence-corrected chi connectivity index (χ2v) is 6.40. The molecular formula is C17H11F2NO4S. The first-order valence-corrected chi connectivity index (χ1v) is 8.43. The van der Waals surface area contributed by atoms with Gasteiger partial charge in [-0.25, -0.2) is 13.8 Å². The topological polar surface area (TPSA) is 65.5 Å². The first kappa shape index (κ1) is 16.8. The molecule has 8 heteroatoms. The monoisotopic (exact) mass is 363 g/mol. The summed E-state index contributed by atoms with van der Waals surface area (Å²) >= 11 is 0. The first-order chi connectivity index (χ1) is 11.9. The van der Waals surface area contributed by atoms with Crippen molar-refractivity contribution in [2.45, 2.75) is 4.90 Å². The van der Waals surface area contributed by atoms with Crippen LogP contribution in [-0.2, 0) is 10.1 Å². The maximum Gasteiger partial charge on any atom is 0.339 e. The Hall–Kier alpha value is -3.00. The summed E-state index contributed by atoms with van der Waals surface area (Å²) in [5, 5.41) is 0. The van der Waals surface area contributed by atoms with E-state index in [2.05, 4.69) is 4.98 Å². The third-order valence-corrected chi connectivity index (χ3v) is 4.31. The highest BCUT2D eigenvalue weighted by atomic mass is 32.2. The highest BCUT2D eigenvalue weighted by molar-refractivity contribution is 7.87. The molecule has 0 amide bonds. The molecule has 1 aromatic heterocycles. The zero-order valence-corrected chi connectivity index (χ0v) is 13.4. The third kappa shape index (κ3) is 4.10. The Morgan fingerprint density at radius 1 is 0.840 bits per heavy atom. The van der Waals surface area contributed by atoms with E-state index in [9.17, 15) is 17.2 Å². The van der Waals surface area contributed by atoms with Crippen LogP contribution in [0, 0.1) is 11.6 Å². The number of pyridine rings is 1. The van der Waals surface area contributed by atoms with E-state index < -0.39 is 26.6 Å². The van der Waals surface area contributed by atoms with Gasteiger partial charge in [-0.1, -0.05) is 6.07 Å². The van der Waals surface area contributed by atoms with Gasteiger partial charge in [-0.05, 0) is 48.5 Å². The van der Waals surface area contributed by atoms with E-state index in [0.29, 0.717) is 17.7 Å². The van der Waals surface area contributed by atoms with Crippen LogP contribution in [0.15, 0.2) is 71.8 Å². The fourth-order valence-corrected chi connectivity index (χ4v) is 2.84. The number of rotatable bonds is 5. The highest BCUT2D eigenvalue weighted by Gasteiger charge is 2.19. The maximum atomic E-state index is 13.2. The predicted molar refractivity (Wildman–Crippen MR) is 84.9 cm³/mol. The van der Waals surface area contributed by atoms with Crippen LogP contribution in [0.3, 0.4) is 0 Å². The minimum Gasteiger partial charge on any atom is -0.439 e. The minimum absolute atomic E-state index is 0.00176. The van der Waals surface area contributed by atoms with Crippen molar-refractivity contribution in [2.24, 2.45) is 0 Å². The standard InChI is InChI=1S/C17H11F2NO4S/c18-15-9-8-14(11-16(15)19)25(21,22)24-13-6-4-12(5-7-13)23-17-3-1-2-10-20-17/h1-11H. The number of hydrogen-bond acceptors (Lipinski definition) is 5. The predicted octanol–water partition coefficient (Wildman–Crippen LogP) is 3.92. The molecule has 0 spiro atoms. The normalized spacial score (nSPS) is 11.1. The van der Waals surface area contributed by atoms with Gasteiger partial charge in [0, 0.05) is 12.3 Å². The van der Waals surface area contributed by atoms with Gasteiger partial charge in [0.05, 0.1) is 0 Å². The second kappa shape index (κ2) is 6.86. The molecule has 128 valence electrons. The summed E-state index contributed by atoms with van der Waals surface area (Å²) in [6, 6.07) is 13.1. The van der Waals surface area contributed by atoms with Crippen molar-refractivity contribution in [2.75, 3.05) is 0 Å². The van der Waals surface area contributed by atoms with Crippen molar-refractivity contribution in [3.63, 3.8) is 0 Å². The van der Waals surface area contributed by atoms with E-state index in [0.717, 1.165) is 12.1 Å². The fraction of sp³-hybridized carbons (Fsp3) is 0. The number of nitrogens with zero attached hydrogens (tertiary/aromatic N) is 1. The molecule has 0 aliphatic carbocycles. The average molecular weight is 363 g/mol. The van der Waals surface area contributed by atoms with Crippen LogP contribution in [0.25, 0.3) is 0 Å². The summed E-state index contributed by atoms with van der Waals surface area (Å²) in [5.74, 6) is -1.61. The van der Waals surface area contributed by atoms with Crippen LogP contribution in [0.4, 0.5) is 8.78 Å². The Kier molecular flexibility index (Phi) is 4.62. The van der Waals surface area contributed by atoms with Gasteiger partial charge in [0.1, 0.15) is 16.4 Å². The quantitative estimate of drug-likeness (QED) is 0.643. The Balaban J connectivity index is 1.75. The van der Waals surface area contributed by atoms with Crippen molar-refractivity contribution in [1.82, 2.24) is 4.98 Å². The number of aromatic nitrogens is 1. The van der Waals surface area contributed by atoms with Crippen LogP contribution in [0.1, 0.15) is 0 Å². The molecule has 0 fully saturated rings. The lowest BCUT2D eigenvalue weighted by Crippen LogP contribution is -2.10. The molecule has 0 bridgehead atoms. The van der Waals surface area contributed by atoms with Crippen molar-refractivity contribution < 1.29 is 26.1 Å². The van der Waals surface area contributed by atoms with Crippen LogP contribution in [0.5, 0.6) is 17.4 Å². The average Bonchev–Trinajstić information content (AvgIpc) is 2.60. The van der Waals surface area contributed by atoms with E-state index in [1.54, 1.807) is 24.4 Å². The zero-order valence-electron chi connectivity index (χ0n) is 12.6. The Labute approximate surface area is 142 Å². The lowest BCUT2D eigenvalue weighted by molar-refractivity contribution is 0.459. The SMILES string of the molecule is O=S(=O)(Oc1ccc(Oc2ccccn2)cc1)c1ccc(F)c(F)c1. The van der Waals surface area contributed by atoms with Crippen LogP contribution in [0.2, 0.25) is 0 Å². The van der Waals surface area contributed by atoms with E-state index in [-0.39, 0.29) is 5.75 Å². The Bertz CT molecular complexity index is 977. The van der Waals surface area contributed by atoms with E-state index >= 15 is 0 Å². The molecule has 0 aliphatic heterocycles. The largest absolute Gasteiger partial charge is 0.439 e. The summed E-state index contributed by atoms with van der Waals surface area (Å²) in [5.41, 5.74) is 0. The summed E-state index contributed by atoms with van der Waals surface area (Å²) in [7, 11) is -4.28. The molecule has 0 N–H and O–H groups in total. The summed E-state index contributed by atoms with van der Waals surface area (Å²) in [6.07, 6.45) is 1.57. The van der Waals surface area contributed by atoms with Crippen LogP contribution in [-0.4, -0.2) is 13.4 Å². The number of ether oxygens (including phenoxy) is 1. The molecule has 0 atom stereocenters. The van der Waals surface area contributed by atoms with Crippen LogP contribution < -0.4 is 8.92 Å². The molecule has 5 nitrogen and oxygen atoms in total. The van der Waals surface area contributed by atoms with Crippen molar-refractivity contribution >= 4 is 10.1 Å². The second-order valence-electron chi connectivity index (χ2n) is 4.85. The molecule has 0 saturated carbocycles. The molecule has 0 radical (unpaired) electrons. The molecule has 0 aliphatic rings. The first-order valence-electron chi connectivity index (χ1n) is 7.02. The zero-order chi connectivity index (χ0) is 17.9. The van der Waals surface area contributed by atoms with Crippen LogP contribution >= 0.6 is 0 Å². The van der Waals surface area contributed by atoms with E-state index in [1.165, 1.54) is 24.3 Å². The van der Waals surface area contributed by atoms with Gasteiger partial charge in [-0.2, -0.15) is 8.42 Å². The highest BCUT2D eigenvalue weighted by Crippen LogP contribution is 2.25. The van der Waals surface area contributed by atoms with Gasteiger partial charge in [0.2, 0.25) is 5.88 Å². The van der Waals surface area contributed by atoms with Gasteiger partial charge in [0.25, 0.3) is 0 Å². The minimum atomic E-state index is -4.28. The molecule has 25 heavy (non-hydrogen) atoms. The summed E-state index contributed by atoms with van der Waals surface area (Å²) in [4.78, 5) is 3.51. The summed E-state index contributed by atoms with van der Waals surface area (Å²) in [6.45, 7) is 0. The van der Waals surface area contributed by atoms with Crippen molar-refractivity contribution in [3.8, 4) is 17.4 Å². The fourth-order valence-electron chi connectivity index (χ4n) is 1.90. The van der Waals surface area contributed by atoms with Crippen molar-refractivity contribution in [3.05, 3.63) is 78.5 Å². The third-order valence-electron chi connectivity index (χ3n) is 3.07. The molecule has 1 heterocycles. The lowest BCUT2D eigenvalue weighted by atomic mass is 10.3. The molecule has 0 unspecified atom stereocenters. The van der Waals surface area contributed by atoms with Gasteiger partial charge in [0.15, 0.2) is 11.6 Å². The number of hydrogen-bond donors (Lipinski definition) is 0. The van der Waals surface area contributed by atoms with Gasteiger partial charge < -0.3 is 8.92 Å². The number of halogens is 2. The molecule has 3 rings (SSSR count). The number of benzene rings is 2. The summed E-state index contributed by atoms with van der Waals surface area (Å²) < 4.78 is 60.6. The maximum absolute atomic E-state index is 13.2. The molecule has 0 saturated heterocycles. The lowest BCUT2D eigenvalue weighted by Gasteiger charge is -2.08. The van der Waals surface area contributed by atoms with Gasteiger partial charge in [-0.3, -0.25) is 0 Å². The van der Waals surface area contributed by atoms with E-state index in [1.807, 2.05) is 0 Å². The van der Waals surface area contributed by atoms with Gasteiger partial charge in [-0.15, -0.1) is 0 Å². The Morgan fingerprint density at radius 2 is 1.56 bits per heavy atom. The molecular weight excluding hydrogens is 352 g/mol. The van der Waals surface area contributed by atoms with Crippen molar-refractivity contribution in [1.29, 1.82) is 0 Å². The van der Waals surface area contributed by atoms with E-state index in [4.69, 9.17) is 8.92 Å². The molecule has 2 aromatic carbocycles. The molecule has 3 aromatic rings. The Morgan fingerprint density at radius 3 is 2.20 bits per heavy atom. The smallest absolute Gasteiger partial charge is 0.339 e. The van der Waals surface area contributed by atoms with Gasteiger partial charge >= 0.3 is 10.1 Å².